The van der Waals surface area contributed by atoms with Gasteiger partial charge in [-0.1, -0.05) is 0 Å². The molecule has 6 heteroatoms. The van der Waals surface area contributed by atoms with Crippen LogP contribution in [0.25, 0.3) is 0 Å². The van der Waals surface area contributed by atoms with E-state index in [2.05, 4.69) is 20.9 Å². The van der Waals surface area contributed by atoms with Crippen LogP contribution >= 0.6 is 0 Å². The van der Waals surface area contributed by atoms with Crippen LogP contribution in [0.1, 0.15) is 11.3 Å². The van der Waals surface area contributed by atoms with Gasteiger partial charge in [0.2, 0.25) is 0 Å². The van der Waals surface area contributed by atoms with Crippen molar-refractivity contribution < 1.29 is 4.74 Å². The summed E-state index contributed by atoms with van der Waals surface area (Å²) in [6.45, 7) is 1.99. The van der Waals surface area contributed by atoms with Gasteiger partial charge in [0.05, 0.1) is 36.4 Å². The van der Waals surface area contributed by atoms with Gasteiger partial charge in [-0.15, -0.1) is 0 Å². The molecular formula is C13H13N5O. The smallest absolute Gasteiger partial charge is 0.160 e. The predicted octanol–water partition coefficient (Wildman–Crippen LogP) is 1.26. The summed E-state index contributed by atoms with van der Waals surface area (Å²) in [7, 11) is 0. The molecule has 19 heavy (non-hydrogen) atoms. The highest BCUT2D eigenvalue weighted by Gasteiger charge is 2.22. The van der Waals surface area contributed by atoms with Crippen LogP contribution in [0.4, 0.5) is 11.4 Å². The molecule has 1 aromatic heterocycles. The number of nitrogens with zero attached hydrogens (tertiary/aromatic N) is 3. The fourth-order valence-electron chi connectivity index (χ4n) is 2.22. The molecule has 3 rings (SSSR count). The van der Waals surface area contributed by atoms with Gasteiger partial charge in [-0.3, -0.25) is 0 Å². The number of rotatable bonds is 2. The average Bonchev–Trinajstić information content (AvgIpc) is 2.91. The zero-order valence-corrected chi connectivity index (χ0v) is 10.3. The zero-order valence-electron chi connectivity index (χ0n) is 10.3. The normalized spacial score (nSPS) is 13.5. The van der Waals surface area contributed by atoms with Crippen LogP contribution in [-0.4, -0.2) is 23.1 Å². The number of aromatic nitrogens is 2. The number of imidazole rings is 1. The highest BCUT2D eigenvalue weighted by atomic mass is 16.5. The molecule has 2 heterocycles. The molecule has 1 aromatic carbocycles. The van der Waals surface area contributed by atoms with E-state index in [-0.39, 0.29) is 0 Å². The van der Waals surface area contributed by atoms with E-state index in [0.29, 0.717) is 30.2 Å². The summed E-state index contributed by atoms with van der Waals surface area (Å²) >= 11 is 0. The Morgan fingerprint density at radius 2 is 2.42 bits per heavy atom. The Labute approximate surface area is 110 Å². The molecule has 0 saturated heterocycles. The Hall–Kier alpha value is -2.68. The number of nitrogen functional groups attached to an aromatic ring is 1. The van der Waals surface area contributed by atoms with Crippen molar-refractivity contribution in [3.63, 3.8) is 0 Å². The van der Waals surface area contributed by atoms with Gasteiger partial charge in [0.1, 0.15) is 12.7 Å². The minimum atomic E-state index is 0.476. The topological polar surface area (TPSA) is 91.0 Å². The first-order valence-electron chi connectivity index (χ1n) is 5.96. The highest BCUT2D eigenvalue weighted by Crippen LogP contribution is 2.37. The second-order valence-electron chi connectivity index (χ2n) is 4.38. The van der Waals surface area contributed by atoms with Crippen molar-refractivity contribution in [1.29, 1.82) is 5.26 Å². The molecule has 1 aliphatic rings. The van der Waals surface area contributed by atoms with Gasteiger partial charge in [0.25, 0.3) is 0 Å². The van der Waals surface area contributed by atoms with E-state index in [4.69, 9.17) is 15.7 Å². The summed E-state index contributed by atoms with van der Waals surface area (Å²) in [5.41, 5.74) is 8.75. The van der Waals surface area contributed by atoms with Crippen LogP contribution in [0, 0.1) is 11.3 Å². The summed E-state index contributed by atoms with van der Waals surface area (Å²) in [6, 6.07) is 5.60. The maximum absolute atomic E-state index is 9.14. The number of hydrogen-bond acceptors (Lipinski definition) is 5. The number of anilines is 2. The second kappa shape index (κ2) is 4.53. The van der Waals surface area contributed by atoms with Gasteiger partial charge in [-0.05, 0) is 12.1 Å². The van der Waals surface area contributed by atoms with Crippen molar-refractivity contribution in [2.45, 2.75) is 6.54 Å². The SMILES string of the molecule is N#Cc1cc(N)cc2c1OCCN2Cc1cnc[nH]1. The summed E-state index contributed by atoms with van der Waals surface area (Å²) in [5, 5.41) is 9.14. The Kier molecular flexibility index (Phi) is 2.72. The fourth-order valence-corrected chi connectivity index (χ4v) is 2.22. The van der Waals surface area contributed by atoms with Crippen LogP contribution in [0.3, 0.4) is 0 Å². The standard InChI is InChI=1S/C13H13N5O/c14-5-9-3-10(15)4-12-13(9)19-2-1-18(12)7-11-6-16-8-17-11/h3-4,6,8H,1-2,7,15H2,(H,16,17). The van der Waals surface area contributed by atoms with E-state index in [9.17, 15) is 0 Å². The van der Waals surface area contributed by atoms with E-state index < -0.39 is 0 Å². The molecule has 0 atom stereocenters. The first-order chi connectivity index (χ1) is 9.28. The number of nitriles is 1. The third-order valence-corrected chi connectivity index (χ3v) is 3.08. The van der Waals surface area contributed by atoms with E-state index in [1.807, 2.05) is 6.07 Å². The van der Waals surface area contributed by atoms with E-state index in [0.717, 1.165) is 17.9 Å². The average molecular weight is 255 g/mol. The van der Waals surface area contributed by atoms with Crippen molar-refractivity contribution in [3.8, 4) is 11.8 Å². The molecule has 0 aliphatic carbocycles. The van der Waals surface area contributed by atoms with Crippen LogP contribution in [0.2, 0.25) is 0 Å². The molecule has 0 saturated carbocycles. The highest BCUT2D eigenvalue weighted by molar-refractivity contribution is 5.71. The number of nitrogens with two attached hydrogens (primary N) is 1. The van der Waals surface area contributed by atoms with Crippen molar-refractivity contribution >= 4 is 11.4 Å². The molecule has 0 unspecified atom stereocenters. The van der Waals surface area contributed by atoms with Gasteiger partial charge >= 0.3 is 0 Å². The van der Waals surface area contributed by atoms with Gasteiger partial charge in [0, 0.05) is 11.9 Å². The molecule has 6 nitrogen and oxygen atoms in total. The fraction of sp³-hybridized carbons (Fsp3) is 0.231. The molecule has 2 aromatic rings. The maximum atomic E-state index is 9.14. The zero-order chi connectivity index (χ0) is 13.2. The van der Waals surface area contributed by atoms with Gasteiger partial charge in [-0.25, -0.2) is 4.98 Å². The van der Waals surface area contributed by atoms with Crippen LogP contribution < -0.4 is 15.4 Å². The summed E-state index contributed by atoms with van der Waals surface area (Å²) in [4.78, 5) is 9.20. The van der Waals surface area contributed by atoms with Crippen LogP contribution in [-0.2, 0) is 6.54 Å². The van der Waals surface area contributed by atoms with Crippen molar-refractivity contribution in [3.05, 3.63) is 35.9 Å². The third kappa shape index (κ3) is 2.06. The van der Waals surface area contributed by atoms with Crippen molar-refractivity contribution in [2.24, 2.45) is 0 Å². The molecule has 3 N–H and O–H groups in total. The lowest BCUT2D eigenvalue weighted by molar-refractivity contribution is 0.306. The predicted molar refractivity (Wildman–Crippen MR) is 70.7 cm³/mol. The van der Waals surface area contributed by atoms with E-state index >= 15 is 0 Å². The van der Waals surface area contributed by atoms with Gasteiger partial charge < -0.3 is 20.4 Å². The summed E-state index contributed by atoms with van der Waals surface area (Å²) in [5.74, 6) is 0.613. The van der Waals surface area contributed by atoms with Crippen molar-refractivity contribution in [1.82, 2.24) is 9.97 Å². The minimum absolute atomic E-state index is 0.476. The van der Waals surface area contributed by atoms with E-state index in [1.165, 1.54) is 0 Å². The van der Waals surface area contributed by atoms with Gasteiger partial charge in [0.15, 0.2) is 5.75 Å². The summed E-state index contributed by atoms with van der Waals surface area (Å²) in [6.07, 6.45) is 3.43. The molecule has 0 fully saturated rings. The molecule has 96 valence electrons. The molecule has 0 amide bonds. The number of hydrogen-bond donors (Lipinski definition) is 2. The largest absolute Gasteiger partial charge is 0.488 e. The lowest BCUT2D eigenvalue weighted by Gasteiger charge is -2.31. The van der Waals surface area contributed by atoms with Crippen LogP contribution in [0.15, 0.2) is 24.7 Å². The number of H-pyrrole nitrogens is 1. The second-order valence-corrected chi connectivity index (χ2v) is 4.38. The molecule has 0 radical (unpaired) electrons. The van der Waals surface area contributed by atoms with Crippen LogP contribution in [0.5, 0.6) is 5.75 Å². The molecular weight excluding hydrogens is 242 g/mol. The maximum Gasteiger partial charge on any atom is 0.160 e. The number of nitrogens with one attached hydrogen (secondary N) is 1. The third-order valence-electron chi connectivity index (χ3n) is 3.08. The van der Waals surface area contributed by atoms with E-state index in [1.54, 1.807) is 18.6 Å². The Morgan fingerprint density at radius 3 is 3.16 bits per heavy atom. The summed E-state index contributed by atoms with van der Waals surface area (Å²) < 4.78 is 5.60. The molecule has 0 bridgehead atoms. The Morgan fingerprint density at radius 1 is 1.53 bits per heavy atom. The lowest BCUT2D eigenvalue weighted by atomic mass is 10.1. The molecule has 0 spiro atoms. The lowest BCUT2D eigenvalue weighted by Crippen LogP contribution is -2.32. The first-order valence-corrected chi connectivity index (χ1v) is 5.96. The Balaban J connectivity index is 2.00. The number of ether oxygens (including phenoxy) is 1. The quantitative estimate of drug-likeness (QED) is 0.788. The van der Waals surface area contributed by atoms with Gasteiger partial charge in [-0.2, -0.15) is 5.26 Å². The number of benzene rings is 1. The minimum Gasteiger partial charge on any atom is -0.488 e. The Bertz CT molecular complexity index is 629. The number of aromatic amines is 1. The number of fused-ring (bicyclic) bond motifs is 1. The first kappa shape index (κ1) is 11.4. The molecule has 1 aliphatic heterocycles. The van der Waals surface area contributed by atoms with Crippen molar-refractivity contribution in [2.75, 3.05) is 23.8 Å². The monoisotopic (exact) mass is 255 g/mol.